The van der Waals surface area contributed by atoms with Gasteiger partial charge in [-0.05, 0) is 43.5 Å². The summed E-state index contributed by atoms with van der Waals surface area (Å²) in [5.41, 5.74) is 1.34. The van der Waals surface area contributed by atoms with Crippen molar-refractivity contribution < 1.29 is 19.2 Å². The Labute approximate surface area is 138 Å². The number of piperidine rings is 1. The summed E-state index contributed by atoms with van der Waals surface area (Å²) in [7, 11) is 0. The molecule has 0 bridgehead atoms. The monoisotopic (exact) mass is 327 g/mol. The van der Waals surface area contributed by atoms with E-state index < -0.39 is 23.3 Å². The number of rotatable bonds is 1. The Morgan fingerprint density at radius 1 is 1.08 bits per heavy atom. The number of hydrogen-bond donors (Lipinski definition) is 2. The Morgan fingerprint density at radius 3 is 2.62 bits per heavy atom. The van der Waals surface area contributed by atoms with Gasteiger partial charge in [0.25, 0.3) is 17.7 Å². The van der Waals surface area contributed by atoms with Gasteiger partial charge in [0.05, 0.1) is 11.1 Å². The van der Waals surface area contributed by atoms with E-state index in [2.05, 4.69) is 10.6 Å². The van der Waals surface area contributed by atoms with Gasteiger partial charge in [0.2, 0.25) is 5.91 Å². The number of carbonyl (C=O) groups is 4. The SMILES string of the molecule is CC1(N2C(=O)c3ccc4c(c3C2=O)CCNC4)CCC(=O)NC1=O. The number of imide groups is 2. The number of amides is 4. The number of carbonyl (C=O) groups excluding carboxylic acids is 4. The van der Waals surface area contributed by atoms with E-state index in [1.54, 1.807) is 13.0 Å². The molecular formula is C17H17N3O4. The molecule has 0 saturated carbocycles. The first kappa shape index (κ1) is 15.0. The Morgan fingerprint density at radius 2 is 1.88 bits per heavy atom. The lowest BCUT2D eigenvalue weighted by atomic mass is 9.89. The maximum absolute atomic E-state index is 13.0. The summed E-state index contributed by atoms with van der Waals surface area (Å²) in [6.45, 7) is 2.96. The molecule has 1 fully saturated rings. The molecule has 3 aliphatic heterocycles. The molecule has 4 amide bonds. The molecule has 0 radical (unpaired) electrons. The second-order valence-corrected chi connectivity index (χ2v) is 6.65. The number of nitrogens with zero attached hydrogens (tertiary/aromatic N) is 1. The third-order valence-electron chi connectivity index (χ3n) is 5.20. The highest BCUT2D eigenvalue weighted by atomic mass is 16.2. The van der Waals surface area contributed by atoms with Gasteiger partial charge in [-0.15, -0.1) is 0 Å². The lowest BCUT2D eigenvalue weighted by molar-refractivity contribution is -0.140. The van der Waals surface area contributed by atoms with Crippen molar-refractivity contribution in [3.8, 4) is 0 Å². The van der Waals surface area contributed by atoms with E-state index in [4.69, 9.17) is 0 Å². The molecule has 2 N–H and O–H groups in total. The van der Waals surface area contributed by atoms with Crippen LogP contribution in [0, 0.1) is 0 Å². The van der Waals surface area contributed by atoms with Crippen LogP contribution in [0.5, 0.6) is 0 Å². The van der Waals surface area contributed by atoms with Gasteiger partial charge >= 0.3 is 0 Å². The first-order valence-electron chi connectivity index (χ1n) is 8.02. The highest BCUT2D eigenvalue weighted by Crippen LogP contribution is 2.36. The van der Waals surface area contributed by atoms with Crippen molar-refractivity contribution in [3.63, 3.8) is 0 Å². The van der Waals surface area contributed by atoms with Gasteiger partial charge in [-0.2, -0.15) is 0 Å². The molecule has 1 atom stereocenters. The van der Waals surface area contributed by atoms with Crippen LogP contribution in [-0.2, 0) is 22.6 Å². The fourth-order valence-electron chi connectivity index (χ4n) is 3.78. The van der Waals surface area contributed by atoms with Crippen LogP contribution in [0.4, 0.5) is 0 Å². The molecule has 1 aromatic carbocycles. The minimum absolute atomic E-state index is 0.109. The molecule has 3 aliphatic rings. The Kier molecular flexibility index (Phi) is 3.11. The average Bonchev–Trinajstić information content (AvgIpc) is 2.83. The van der Waals surface area contributed by atoms with Gasteiger partial charge in [-0.25, -0.2) is 0 Å². The number of fused-ring (bicyclic) bond motifs is 3. The van der Waals surface area contributed by atoms with Crippen molar-refractivity contribution in [1.29, 1.82) is 0 Å². The van der Waals surface area contributed by atoms with Crippen LogP contribution in [0.2, 0.25) is 0 Å². The molecule has 1 unspecified atom stereocenters. The lowest BCUT2D eigenvalue weighted by Crippen LogP contribution is -2.62. The maximum atomic E-state index is 13.0. The Bertz CT molecular complexity index is 816. The van der Waals surface area contributed by atoms with Crippen LogP contribution < -0.4 is 10.6 Å². The zero-order valence-corrected chi connectivity index (χ0v) is 13.3. The van der Waals surface area contributed by atoms with Crippen LogP contribution in [-0.4, -0.2) is 40.6 Å². The molecule has 0 spiro atoms. The molecular weight excluding hydrogens is 310 g/mol. The quantitative estimate of drug-likeness (QED) is 0.715. The fraction of sp³-hybridized carbons (Fsp3) is 0.412. The summed E-state index contributed by atoms with van der Waals surface area (Å²) in [5, 5.41) is 5.48. The van der Waals surface area contributed by atoms with E-state index in [0.717, 1.165) is 22.6 Å². The number of hydrogen-bond acceptors (Lipinski definition) is 5. The predicted molar refractivity (Wildman–Crippen MR) is 83.1 cm³/mol. The summed E-state index contributed by atoms with van der Waals surface area (Å²) in [5.74, 6) is -1.86. The Balaban J connectivity index is 1.80. The smallest absolute Gasteiger partial charge is 0.262 e. The predicted octanol–water partition coefficient (Wildman–Crippen LogP) is 0.124. The first-order valence-corrected chi connectivity index (χ1v) is 8.02. The van der Waals surface area contributed by atoms with Crippen LogP contribution in [0.15, 0.2) is 12.1 Å². The van der Waals surface area contributed by atoms with Gasteiger partial charge in [-0.1, -0.05) is 6.07 Å². The third-order valence-corrected chi connectivity index (χ3v) is 5.20. The fourth-order valence-corrected chi connectivity index (χ4v) is 3.78. The second-order valence-electron chi connectivity index (χ2n) is 6.65. The van der Waals surface area contributed by atoms with E-state index in [-0.39, 0.29) is 18.7 Å². The standard InChI is InChI=1S/C17H17N3O4/c1-17(6-4-12(21)19-16(17)24)20-14(22)11-3-2-9-8-18-7-5-10(9)13(11)15(20)23/h2-3,18H,4-8H2,1H3,(H,19,21,24). The molecule has 3 heterocycles. The molecule has 1 aromatic rings. The Hall–Kier alpha value is -2.54. The minimum Gasteiger partial charge on any atom is -0.312 e. The minimum atomic E-state index is -1.33. The third kappa shape index (κ3) is 1.88. The summed E-state index contributed by atoms with van der Waals surface area (Å²) in [4.78, 5) is 50.7. The van der Waals surface area contributed by atoms with Crippen LogP contribution in [0.3, 0.4) is 0 Å². The van der Waals surface area contributed by atoms with Crippen molar-refractivity contribution in [2.45, 2.75) is 38.3 Å². The normalized spacial score (nSPS) is 26.3. The summed E-state index contributed by atoms with van der Waals surface area (Å²) < 4.78 is 0. The van der Waals surface area contributed by atoms with Gasteiger partial charge in [0, 0.05) is 13.0 Å². The molecule has 24 heavy (non-hydrogen) atoms. The van der Waals surface area contributed by atoms with Crippen LogP contribution in [0.1, 0.15) is 51.6 Å². The van der Waals surface area contributed by atoms with Crippen LogP contribution in [0.25, 0.3) is 0 Å². The van der Waals surface area contributed by atoms with E-state index >= 15 is 0 Å². The van der Waals surface area contributed by atoms with Crippen molar-refractivity contribution in [2.24, 2.45) is 0 Å². The maximum Gasteiger partial charge on any atom is 0.262 e. The van der Waals surface area contributed by atoms with Crippen LogP contribution >= 0.6 is 0 Å². The van der Waals surface area contributed by atoms with E-state index in [9.17, 15) is 19.2 Å². The molecule has 0 aromatic heterocycles. The summed E-state index contributed by atoms with van der Waals surface area (Å²) in [6.07, 6.45) is 0.928. The van der Waals surface area contributed by atoms with Crippen molar-refractivity contribution in [1.82, 2.24) is 15.5 Å². The number of benzene rings is 1. The summed E-state index contributed by atoms with van der Waals surface area (Å²) in [6, 6.07) is 3.53. The highest BCUT2D eigenvalue weighted by molar-refractivity contribution is 6.25. The molecule has 124 valence electrons. The van der Waals surface area contributed by atoms with Gasteiger partial charge in [0.15, 0.2) is 0 Å². The van der Waals surface area contributed by atoms with Crippen molar-refractivity contribution in [2.75, 3.05) is 6.54 Å². The zero-order chi connectivity index (χ0) is 17.1. The van der Waals surface area contributed by atoms with Gasteiger partial charge < -0.3 is 5.32 Å². The second kappa shape index (κ2) is 4.98. The van der Waals surface area contributed by atoms with Gasteiger partial charge in [-0.3, -0.25) is 29.4 Å². The van der Waals surface area contributed by atoms with Gasteiger partial charge in [0.1, 0.15) is 5.54 Å². The average molecular weight is 327 g/mol. The molecule has 4 rings (SSSR count). The van der Waals surface area contributed by atoms with Crippen molar-refractivity contribution >= 4 is 23.6 Å². The molecule has 1 saturated heterocycles. The van der Waals surface area contributed by atoms with E-state index in [0.29, 0.717) is 24.1 Å². The topological polar surface area (TPSA) is 95.6 Å². The highest BCUT2D eigenvalue weighted by Gasteiger charge is 2.53. The number of nitrogens with one attached hydrogen (secondary N) is 2. The largest absolute Gasteiger partial charge is 0.312 e. The van der Waals surface area contributed by atoms with Crippen molar-refractivity contribution in [3.05, 3.63) is 34.4 Å². The molecule has 7 nitrogen and oxygen atoms in total. The zero-order valence-electron chi connectivity index (χ0n) is 13.3. The van der Waals surface area contributed by atoms with E-state index in [1.165, 1.54) is 0 Å². The lowest BCUT2D eigenvalue weighted by Gasteiger charge is -2.38. The van der Waals surface area contributed by atoms with E-state index in [1.807, 2.05) is 6.07 Å². The summed E-state index contributed by atoms with van der Waals surface area (Å²) >= 11 is 0. The first-order chi connectivity index (χ1) is 11.4. The molecule has 0 aliphatic carbocycles. The molecule has 7 heteroatoms.